The molecule has 0 saturated heterocycles. The molecular formula is C15H21ClN2O2S. The van der Waals surface area contributed by atoms with Crippen LogP contribution in [0.4, 0.5) is 0 Å². The van der Waals surface area contributed by atoms with E-state index < -0.39 is 10.0 Å². The lowest BCUT2D eigenvalue weighted by Gasteiger charge is -2.11. The molecule has 0 radical (unpaired) electrons. The highest BCUT2D eigenvalue weighted by molar-refractivity contribution is 7.89. The molecule has 0 aliphatic carbocycles. The third-order valence-corrected chi connectivity index (χ3v) is 4.63. The molecule has 4 nitrogen and oxygen atoms in total. The molecule has 0 saturated carbocycles. The Morgan fingerprint density at radius 1 is 1.05 bits per heavy atom. The number of fused-ring (bicyclic) bond motifs is 1. The van der Waals surface area contributed by atoms with Crippen molar-refractivity contribution in [2.45, 2.75) is 11.3 Å². The molecule has 0 aromatic heterocycles. The van der Waals surface area contributed by atoms with Crippen LogP contribution < -0.4 is 4.72 Å². The van der Waals surface area contributed by atoms with E-state index in [4.69, 9.17) is 0 Å². The molecule has 0 spiro atoms. The number of hydrogen-bond acceptors (Lipinski definition) is 3. The molecule has 6 heteroatoms. The van der Waals surface area contributed by atoms with E-state index in [9.17, 15) is 8.42 Å². The SMILES string of the molecule is CN(C)CCCNS(=O)(=O)c1cccc2ccccc12.Cl. The van der Waals surface area contributed by atoms with Crippen LogP contribution in [0.3, 0.4) is 0 Å². The van der Waals surface area contributed by atoms with Gasteiger partial charge in [-0.1, -0.05) is 36.4 Å². The van der Waals surface area contributed by atoms with Crippen LogP contribution >= 0.6 is 12.4 Å². The molecule has 2 aromatic carbocycles. The summed E-state index contributed by atoms with van der Waals surface area (Å²) in [5.41, 5.74) is 0. The molecular weight excluding hydrogens is 308 g/mol. The fraction of sp³-hybridized carbons (Fsp3) is 0.333. The monoisotopic (exact) mass is 328 g/mol. The van der Waals surface area contributed by atoms with Gasteiger partial charge in [-0.05, 0) is 38.5 Å². The molecule has 1 N–H and O–H groups in total. The Labute approximate surface area is 132 Å². The van der Waals surface area contributed by atoms with E-state index in [1.54, 1.807) is 12.1 Å². The van der Waals surface area contributed by atoms with Gasteiger partial charge in [0, 0.05) is 11.9 Å². The van der Waals surface area contributed by atoms with E-state index in [0.29, 0.717) is 11.4 Å². The van der Waals surface area contributed by atoms with Crippen molar-refractivity contribution in [2.24, 2.45) is 0 Å². The van der Waals surface area contributed by atoms with Crippen molar-refractivity contribution in [3.63, 3.8) is 0 Å². The summed E-state index contributed by atoms with van der Waals surface area (Å²) in [7, 11) is 0.490. The molecule has 0 aliphatic heterocycles. The summed E-state index contributed by atoms with van der Waals surface area (Å²) < 4.78 is 27.4. The zero-order valence-electron chi connectivity index (χ0n) is 12.2. The Morgan fingerprint density at radius 3 is 2.43 bits per heavy atom. The van der Waals surface area contributed by atoms with E-state index in [2.05, 4.69) is 4.72 Å². The third kappa shape index (κ3) is 4.68. The van der Waals surface area contributed by atoms with Crippen LogP contribution in [0.1, 0.15) is 6.42 Å². The van der Waals surface area contributed by atoms with Crippen molar-refractivity contribution in [2.75, 3.05) is 27.2 Å². The molecule has 2 aromatic rings. The number of sulfonamides is 1. The number of nitrogens with zero attached hydrogens (tertiary/aromatic N) is 1. The lowest BCUT2D eigenvalue weighted by molar-refractivity contribution is 0.400. The van der Waals surface area contributed by atoms with Crippen LogP contribution in [0.2, 0.25) is 0 Å². The molecule has 0 unspecified atom stereocenters. The molecule has 0 fully saturated rings. The van der Waals surface area contributed by atoms with Gasteiger partial charge in [-0.2, -0.15) is 0 Å². The van der Waals surface area contributed by atoms with Crippen molar-refractivity contribution < 1.29 is 8.42 Å². The number of rotatable bonds is 6. The molecule has 0 heterocycles. The minimum atomic E-state index is -3.45. The van der Waals surface area contributed by atoms with E-state index in [-0.39, 0.29) is 12.4 Å². The van der Waals surface area contributed by atoms with Crippen LogP contribution in [0.15, 0.2) is 47.4 Å². The highest BCUT2D eigenvalue weighted by Gasteiger charge is 2.16. The average molecular weight is 329 g/mol. The van der Waals surface area contributed by atoms with Gasteiger partial charge in [-0.3, -0.25) is 0 Å². The van der Waals surface area contributed by atoms with E-state index in [1.807, 2.05) is 49.3 Å². The predicted molar refractivity (Wildman–Crippen MR) is 89.6 cm³/mol. The highest BCUT2D eigenvalue weighted by Crippen LogP contribution is 2.22. The normalized spacial score (nSPS) is 11.6. The zero-order valence-corrected chi connectivity index (χ0v) is 13.9. The average Bonchev–Trinajstić information content (AvgIpc) is 2.43. The number of nitrogens with one attached hydrogen (secondary N) is 1. The first-order valence-corrected chi connectivity index (χ1v) is 8.11. The van der Waals surface area contributed by atoms with Crippen LogP contribution in [-0.2, 0) is 10.0 Å². The summed E-state index contributed by atoms with van der Waals surface area (Å²) in [5.74, 6) is 0. The Morgan fingerprint density at radius 2 is 1.71 bits per heavy atom. The molecule has 116 valence electrons. The van der Waals surface area contributed by atoms with Gasteiger partial charge in [-0.25, -0.2) is 13.1 Å². The van der Waals surface area contributed by atoms with Crippen molar-refractivity contribution in [3.05, 3.63) is 42.5 Å². The number of halogens is 1. The standard InChI is InChI=1S/C15H20N2O2S.ClH/c1-17(2)12-6-11-16-20(18,19)15-10-5-8-13-7-3-4-9-14(13)15;/h3-5,7-10,16H,6,11-12H2,1-2H3;1H. The van der Waals surface area contributed by atoms with Crippen molar-refractivity contribution >= 4 is 33.2 Å². The van der Waals surface area contributed by atoms with Crippen LogP contribution in [0.25, 0.3) is 10.8 Å². The minimum Gasteiger partial charge on any atom is -0.309 e. The highest BCUT2D eigenvalue weighted by atomic mass is 35.5. The topological polar surface area (TPSA) is 49.4 Å². The fourth-order valence-electron chi connectivity index (χ4n) is 2.11. The van der Waals surface area contributed by atoms with Crippen molar-refractivity contribution in [1.82, 2.24) is 9.62 Å². The second-order valence-corrected chi connectivity index (χ2v) is 6.77. The summed E-state index contributed by atoms with van der Waals surface area (Å²) >= 11 is 0. The van der Waals surface area contributed by atoms with Crippen LogP contribution in [-0.4, -0.2) is 40.5 Å². The molecule has 0 aliphatic rings. The summed E-state index contributed by atoms with van der Waals surface area (Å²) in [6.45, 7) is 1.31. The molecule has 0 amide bonds. The van der Waals surface area contributed by atoms with Gasteiger partial charge in [0.05, 0.1) is 4.90 Å². The van der Waals surface area contributed by atoms with Gasteiger partial charge in [0.1, 0.15) is 0 Å². The maximum Gasteiger partial charge on any atom is 0.241 e. The van der Waals surface area contributed by atoms with E-state index >= 15 is 0 Å². The number of hydrogen-bond donors (Lipinski definition) is 1. The van der Waals surface area contributed by atoms with Crippen LogP contribution in [0, 0.1) is 0 Å². The first kappa shape index (κ1) is 17.9. The van der Waals surface area contributed by atoms with Gasteiger partial charge in [0.2, 0.25) is 10.0 Å². The number of benzene rings is 2. The van der Waals surface area contributed by atoms with Gasteiger partial charge >= 0.3 is 0 Å². The predicted octanol–water partition coefficient (Wildman–Crippen LogP) is 2.49. The maximum atomic E-state index is 12.4. The third-order valence-electron chi connectivity index (χ3n) is 3.11. The lowest BCUT2D eigenvalue weighted by atomic mass is 10.1. The lowest BCUT2D eigenvalue weighted by Crippen LogP contribution is -2.27. The van der Waals surface area contributed by atoms with Crippen molar-refractivity contribution in [3.8, 4) is 0 Å². The smallest absolute Gasteiger partial charge is 0.241 e. The summed E-state index contributed by atoms with van der Waals surface area (Å²) in [4.78, 5) is 2.38. The first-order chi connectivity index (χ1) is 9.50. The largest absolute Gasteiger partial charge is 0.309 e. The molecule has 21 heavy (non-hydrogen) atoms. The van der Waals surface area contributed by atoms with Crippen molar-refractivity contribution in [1.29, 1.82) is 0 Å². The molecule has 0 atom stereocenters. The quantitative estimate of drug-likeness (QED) is 0.829. The molecule has 0 bridgehead atoms. The summed E-state index contributed by atoms with van der Waals surface area (Å²) in [6.07, 6.45) is 0.789. The second-order valence-electron chi connectivity index (χ2n) is 5.03. The van der Waals surface area contributed by atoms with Gasteiger partial charge in [-0.15, -0.1) is 12.4 Å². The molecule has 2 rings (SSSR count). The second kappa shape index (κ2) is 7.75. The zero-order chi connectivity index (χ0) is 14.6. The van der Waals surface area contributed by atoms with E-state index in [0.717, 1.165) is 23.7 Å². The summed E-state index contributed by atoms with van der Waals surface area (Å²) in [6, 6.07) is 12.9. The Kier molecular flexibility index (Phi) is 6.61. The Hall–Kier alpha value is -1.14. The Balaban J connectivity index is 0.00000220. The maximum absolute atomic E-state index is 12.4. The Bertz CT molecular complexity index is 682. The van der Waals surface area contributed by atoms with Crippen LogP contribution in [0.5, 0.6) is 0 Å². The summed E-state index contributed by atoms with van der Waals surface area (Å²) in [5, 5.41) is 1.69. The van der Waals surface area contributed by atoms with Gasteiger partial charge < -0.3 is 4.90 Å². The van der Waals surface area contributed by atoms with Gasteiger partial charge in [0.25, 0.3) is 0 Å². The first-order valence-electron chi connectivity index (χ1n) is 6.63. The van der Waals surface area contributed by atoms with Gasteiger partial charge in [0.15, 0.2) is 0 Å². The van der Waals surface area contributed by atoms with E-state index in [1.165, 1.54) is 0 Å². The minimum absolute atomic E-state index is 0. The fourth-order valence-corrected chi connectivity index (χ4v) is 3.41.